The van der Waals surface area contributed by atoms with E-state index in [1.807, 2.05) is 21.1 Å². The van der Waals surface area contributed by atoms with Crippen molar-refractivity contribution in [2.24, 2.45) is 4.99 Å². The van der Waals surface area contributed by atoms with E-state index in [1.165, 1.54) is 5.56 Å². The fourth-order valence-corrected chi connectivity index (χ4v) is 4.03. The SMILES string of the molecule is CN=C(NCCCN1CCCC1C(=O)N(C)C)NCCC(C)N(C)Cc1ccccc1.I. The number of hydrogen-bond donors (Lipinski definition) is 2. The van der Waals surface area contributed by atoms with Gasteiger partial charge in [-0.1, -0.05) is 30.3 Å². The second-order valence-corrected chi connectivity index (χ2v) is 8.74. The number of hydrogen-bond acceptors (Lipinski definition) is 4. The molecule has 0 bridgehead atoms. The van der Waals surface area contributed by atoms with Crippen LogP contribution < -0.4 is 10.6 Å². The fraction of sp³-hybridized carbons (Fsp3) is 0.667. The van der Waals surface area contributed by atoms with Crippen molar-refractivity contribution in [3.05, 3.63) is 35.9 Å². The minimum atomic E-state index is 0. The van der Waals surface area contributed by atoms with E-state index in [2.05, 4.69) is 69.7 Å². The maximum Gasteiger partial charge on any atom is 0.239 e. The van der Waals surface area contributed by atoms with Gasteiger partial charge < -0.3 is 15.5 Å². The zero-order valence-electron chi connectivity index (χ0n) is 20.5. The van der Waals surface area contributed by atoms with Crippen molar-refractivity contribution in [2.45, 2.75) is 51.2 Å². The summed E-state index contributed by atoms with van der Waals surface area (Å²) in [7, 11) is 7.68. The third kappa shape index (κ3) is 9.62. The standard InChI is InChI=1S/C24H42N6O.HI/c1-20(29(5)19-21-11-7-6-8-12-21)14-16-27-24(25-2)26-15-10-18-30-17-9-13-22(30)23(31)28(3)4;/h6-8,11-12,20,22H,9-10,13-19H2,1-5H3,(H2,25,26,27);1H. The number of amides is 1. The van der Waals surface area contributed by atoms with Crippen molar-refractivity contribution in [3.63, 3.8) is 0 Å². The van der Waals surface area contributed by atoms with E-state index in [4.69, 9.17) is 0 Å². The number of rotatable bonds is 11. The molecule has 1 aromatic rings. The third-order valence-electron chi connectivity index (χ3n) is 6.11. The van der Waals surface area contributed by atoms with Crippen LogP contribution in [-0.2, 0) is 11.3 Å². The number of guanidine groups is 1. The van der Waals surface area contributed by atoms with Gasteiger partial charge >= 0.3 is 0 Å². The quantitative estimate of drug-likeness (QED) is 0.189. The number of benzene rings is 1. The van der Waals surface area contributed by atoms with Crippen molar-refractivity contribution in [1.29, 1.82) is 0 Å². The normalized spacial score (nSPS) is 17.7. The molecule has 1 fully saturated rings. The Morgan fingerprint density at radius 2 is 1.88 bits per heavy atom. The lowest BCUT2D eigenvalue weighted by molar-refractivity contribution is -0.133. The van der Waals surface area contributed by atoms with Gasteiger partial charge in [0.1, 0.15) is 0 Å². The molecule has 0 aliphatic carbocycles. The number of nitrogens with zero attached hydrogens (tertiary/aromatic N) is 4. The van der Waals surface area contributed by atoms with Crippen molar-refractivity contribution >= 4 is 35.8 Å². The summed E-state index contributed by atoms with van der Waals surface area (Å²) >= 11 is 0. The number of carbonyl (C=O) groups excluding carboxylic acids is 1. The molecular weight excluding hydrogens is 515 g/mol. The smallest absolute Gasteiger partial charge is 0.239 e. The lowest BCUT2D eigenvalue weighted by Gasteiger charge is -2.26. The molecule has 1 heterocycles. The van der Waals surface area contributed by atoms with Gasteiger partial charge in [0, 0.05) is 53.4 Å². The van der Waals surface area contributed by atoms with Crippen molar-refractivity contribution in [2.75, 3.05) is 54.4 Å². The number of likely N-dealkylation sites (tertiary alicyclic amines) is 1. The number of halogens is 1. The molecule has 7 nitrogen and oxygen atoms in total. The Labute approximate surface area is 212 Å². The molecule has 0 saturated carbocycles. The van der Waals surface area contributed by atoms with Crippen molar-refractivity contribution < 1.29 is 4.79 Å². The topological polar surface area (TPSA) is 63.2 Å². The molecule has 182 valence electrons. The highest BCUT2D eigenvalue weighted by molar-refractivity contribution is 14.0. The minimum absolute atomic E-state index is 0. The van der Waals surface area contributed by atoms with E-state index in [-0.39, 0.29) is 35.9 Å². The molecule has 2 unspecified atom stereocenters. The average molecular weight is 559 g/mol. The van der Waals surface area contributed by atoms with Crippen LogP contribution in [0.15, 0.2) is 35.3 Å². The summed E-state index contributed by atoms with van der Waals surface area (Å²) in [6.07, 6.45) is 4.13. The second kappa shape index (κ2) is 15.4. The number of likely N-dealkylation sites (N-methyl/N-ethyl adjacent to an activating group) is 1. The zero-order chi connectivity index (χ0) is 22.6. The molecule has 8 heteroatoms. The van der Waals surface area contributed by atoms with Crippen LogP contribution in [0.5, 0.6) is 0 Å². The van der Waals surface area contributed by atoms with Crippen LogP contribution in [0.25, 0.3) is 0 Å². The highest BCUT2D eigenvalue weighted by Crippen LogP contribution is 2.18. The second-order valence-electron chi connectivity index (χ2n) is 8.74. The first-order valence-electron chi connectivity index (χ1n) is 11.6. The Balaban J connectivity index is 0.00000512. The first kappa shape index (κ1) is 28.6. The largest absolute Gasteiger partial charge is 0.356 e. The first-order valence-corrected chi connectivity index (χ1v) is 11.6. The highest BCUT2D eigenvalue weighted by Gasteiger charge is 2.30. The predicted molar refractivity (Wildman–Crippen MR) is 145 cm³/mol. The lowest BCUT2D eigenvalue weighted by atomic mass is 10.1. The number of nitrogens with one attached hydrogen (secondary N) is 2. The minimum Gasteiger partial charge on any atom is -0.356 e. The summed E-state index contributed by atoms with van der Waals surface area (Å²) in [6.45, 7) is 6.92. The third-order valence-corrected chi connectivity index (χ3v) is 6.11. The monoisotopic (exact) mass is 558 g/mol. The van der Waals surface area contributed by atoms with E-state index < -0.39 is 0 Å². The van der Waals surface area contributed by atoms with E-state index in [0.717, 1.165) is 64.4 Å². The van der Waals surface area contributed by atoms with E-state index >= 15 is 0 Å². The molecule has 1 amide bonds. The molecule has 0 aromatic heterocycles. The summed E-state index contributed by atoms with van der Waals surface area (Å²) < 4.78 is 0. The molecule has 0 spiro atoms. The van der Waals surface area contributed by atoms with Gasteiger partial charge in [-0.2, -0.15) is 0 Å². The Kier molecular flexibility index (Phi) is 13.8. The van der Waals surface area contributed by atoms with Gasteiger partial charge in [-0.15, -0.1) is 24.0 Å². The Morgan fingerprint density at radius 1 is 1.19 bits per heavy atom. The molecule has 1 aliphatic rings. The van der Waals surface area contributed by atoms with Gasteiger partial charge in [-0.25, -0.2) is 0 Å². The van der Waals surface area contributed by atoms with Crippen LogP contribution in [0.1, 0.15) is 38.2 Å². The first-order chi connectivity index (χ1) is 14.9. The predicted octanol–water partition coefficient (Wildman–Crippen LogP) is 2.62. The van der Waals surface area contributed by atoms with Gasteiger partial charge in [0.15, 0.2) is 5.96 Å². The van der Waals surface area contributed by atoms with Crippen LogP contribution in [0.4, 0.5) is 0 Å². The molecule has 2 rings (SSSR count). The average Bonchev–Trinajstić information content (AvgIpc) is 3.23. The molecule has 1 saturated heterocycles. The van der Waals surface area contributed by atoms with E-state index in [1.54, 1.807) is 4.90 Å². The van der Waals surface area contributed by atoms with Crippen LogP contribution in [-0.4, -0.2) is 93.0 Å². The zero-order valence-corrected chi connectivity index (χ0v) is 22.8. The number of carbonyl (C=O) groups is 1. The molecule has 0 radical (unpaired) electrons. The van der Waals surface area contributed by atoms with Crippen LogP contribution >= 0.6 is 24.0 Å². The van der Waals surface area contributed by atoms with E-state index in [9.17, 15) is 4.79 Å². The molecule has 2 atom stereocenters. The summed E-state index contributed by atoms with van der Waals surface area (Å²) in [5.74, 6) is 1.08. The van der Waals surface area contributed by atoms with Gasteiger partial charge in [0.2, 0.25) is 5.91 Å². The molecule has 1 aliphatic heterocycles. The summed E-state index contributed by atoms with van der Waals surface area (Å²) in [5.41, 5.74) is 1.34. The van der Waals surface area contributed by atoms with Crippen molar-refractivity contribution in [3.8, 4) is 0 Å². The summed E-state index contributed by atoms with van der Waals surface area (Å²) in [5, 5.41) is 6.83. The summed E-state index contributed by atoms with van der Waals surface area (Å²) in [4.78, 5) is 23.1. The fourth-order valence-electron chi connectivity index (χ4n) is 4.03. The van der Waals surface area contributed by atoms with Crippen LogP contribution in [0.2, 0.25) is 0 Å². The molecule has 1 aromatic carbocycles. The van der Waals surface area contributed by atoms with E-state index in [0.29, 0.717) is 6.04 Å². The Hall–Kier alpha value is -1.39. The Bertz CT molecular complexity index is 684. The highest BCUT2D eigenvalue weighted by atomic mass is 127. The molecule has 32 heavy (non-hydrogen) atoms. The van der Waals surface area contributed by atoms with Crippen molar-refractivity contribution in [1.82, 2.24) is 25.3 Å². The van der Waals surface area contributed by atoms with Gasteiger partial charge in [-0.05, 0) is 51.8 Å². The molecular formula is C24H43IN6O. The van der Waals surface area contributed by atoms with Crippen LogP contribution in [0, 0.1) is 0 Å². The molecule has 2 N–H and O–H groups in total. The lowest BCUT2D eigenvalue weighted by Crippen LogP contribution is -2.44. The maximum absolute atomic E-state index is 12.3. The Morgan fingerprint density at radius 3 is 2.53 bits per heavy atom. The summed E-state index contributed by atoms with van der Waals surface area (Å²) in [6, 6.07) is 11.1. The number of aliphatic imine (C=N–C) groups is 1. The van der Waals surface area contributed by atoms with Gasteiger partial charge in [0.05, 0.1) is 6.04 Å². The van der Waals surface area contributed by atoms with Gasteiger partial charge in [0.25, 0.3) is 0 Å². The van der Waals surface area contributed by atoms with Crippen LogP contribution in [0.3, 0.4) is 0 Å². The van der Waals surface area contributed by atoms with Gasteiger partial charge in [-0.3, -0.25) is 19.6 Å². The maximum atomic E-state index is 12.3.